The largest absolute Gasteiger partial charge is 0.393 e. The van der Waals surface area contributed by atoms with Gasteiger partial charge in [-0.1, -0.05) is 31.1 Å². The minimum Gasteiger partial charge on any atom is -0.393 e. The number of aryl methyl sites for hydroxylation is 1. The Balaban J connectivity index is 1.44. The number of aliphatic hydroxyl groups is 1. The van der Waals surface area contributed by atoms with Crippen molar-refractivity contribution in [1.82, 2.24) is 15.0 Å². The molecule has 7 heteroatoms. The van der Waals surface area contributed by atoms with Crippen LogP contribution in [0.5, 0.6) is 0 Å². The Morgan fingerprint density at radius 3 is 2.72 bits per heavy atom. The molecule has 7 nitrogen and oxygen atoms in total. The molecule has 2 aliphatic rings. The molecule has 1 amide bonds. The molecule has 0 unspecified atom stereocenters. The van der Waals surface area contributed by atoms with Crippen LogP contribution in [0.1, 0.15) is 55.8 Å². The normalized spacial score (nSPS) is 24.2. The van der Waals surface area contributed by atoms with Crippen molar-refractivity contribution in [3.8, 4) is 11.4 Å². The Kier molecular flexibility index (Phi) is 5.44. The van der Waals surface area contributed by atoms with Crippen LogP contribution in [0.2, 0.25) is 0 Å². The molecule has 3 heterocycles. The number of hydrogen-bond donors (Lipinski definition) is 1. The molecule has 0 saturated carbocycles. The molecule has 156 valence electrons. The van der Waals surface area contributed by atoms with Crippen molar-refractivity contribution in [3.05, 3.63) is 35.7 Å². The van der Waals surface area contributed by atoms with E-state index in [1.165, 1.54) is 0 Å². The number of hydrogen-bond acceptors (Lipinski definition) is 6. The standard InChI is InChI=1S/C22H29N3O4/c1-14(2)19-12-18(26)13-22(28-19)7-9-25(10-8-22)21(27)17-6-4-5-16(11-17)20-23-15(3)29-24-20/h4-6,11,14,18-19,26H,7-10,12-13H2,1-3H3/t18-,19-/m1/s1. The fourth-order valence-electron chi connectivity index (χ4n) is 4.44. The summed E-state index contributed by atoms with van der Waals surface area (Å²) in [5.41, 5.74) is 1.07. The number of aromatic nitrogens is 2. The maximum atomic E-state index is 13.1. The SMILES string of the molecule is Cc1nc(-c2cccc(C(=O)N3CCC4(CC3)C[C@H](O)C[C@H](C(C)C)O4)c2)no1. The molecule has 1 spiro atoms. The van der Waals surface area contributed by atoms with E-state index in [0.717, 1.165) is 18.4 Å². The molecule has 4 rings (SSSR count). The van der Waals surface area contributed by atoms with E-state index in [-0.39, 0.29) is 23.7 Å². The van der Waals surface area contributed by atoms with Crippen molar-refractivity contribution in [1.29, 1.82) is 0 Å². The number of piperidine rings is 1. The molecular weight excluding hydrogens is 370 g/mol. The minimum absolute atomic E-state index is 0.00122. The van der Waals surface area contributed by atoms with Gasteiger partial charge in [-0.25, -0.2) is 0 Å². The topological polar surface area (TPSA) is 88.7 Å². The molecule has 0 aliphatic carbocycles. The van der Waals surface area contributed by atoms with Gasteiger partial charge in [0.05, 0.1) is 17.8 Å². The van der Waals surface area contributed by atoms with Crippen LogP contribution in [0, 0.1) is 12.8 Å². The summed E-state index contributed by atoms with van der Waals surface area (Å²) in [4.78, 5) is 19.2. The van der Waals surface area contributed by atoms with E-state index in [1.807, 2.05) is 29.2 Å². The Morgan fingerprint density at radius 2 is 2.07 bits per heavy atom. The van der Waals surface area contributed by atoms with E-state index in [9.17, 15) is 9.90 Å². The van der Waals surface area contributed by atoms with Gasteiger partial charge in [0.2, 0.25) is 11.7 Å². The summed E-state index contributed by atoms with van der Waals surface area (Å²) in [7, 11) is 0. The van der Waals surface area contributed by atoms with Gasteiger partial charge in [0.1, 0.15) is 0 Å². The fourth-order valence-corrected chi connectivity index (χ4v) is 4.44. The number of rotatable bonds is 3. The Labute approximate surface area is 171 Å². The summed E-state index contributed by atoms with van der Waals surface area (Å²) < 4.78 is 11.5. The number of carbonyl (C=O) groups excluding carboxylic acids is 1. The summed E-state index contributed by atoms with van der Waals surface area (Å²) >= 11 is 0. The zero-order chi connectivity index (χ0) is 20.6. The van der Waals surface area contributed by atoms with Crippen LogP contribution in [0.4, 0.5) is 0 Å². The van der Waals surface area contributed by atoms with Gasteiger partial charge in [-0.15, -0.1) is 0 Å². The van der Waals surface area contributed by atoms with Gasteiger partial charge in [0, 0.05) is 37.6 Å². The minimum atomic E-state index is -0.325. The molecule has 0 bridgehead atoms. The first-order valence-corrected chi connectivity index (χ1v) is 10.4. The molecule has 2 aliphatic heterocycles. The highest BCUT2D eigenvalue weighted by Gasteiger charge is 2.44. The first-order valence-electron chi connectivity index (χ1n) is 10.4. The lowest BCUT2D eigenvalue weighted by atomic mass is 9.80. The number of amides is 1. The number of benzene rings is 1. The van der Waals surface area contributed by atoms with Crippen LogP contribution in [0.3, 0.4) is 0 Å². The third-order valence-electron chi connectivity index (χ3n) is 6.11. The van der Waals surface area contributed by atoms with Crippen molar-refractivity contribution in [2.75, 3.05) is 13.1 Å². The second-order valence-corrected chi connectivity index (χ2v) is 8.69. The van der Waals surface area contributed by atoms with Crippen LogP contribution in [-0.4, -0.2) is 57.0 Å². The van der Waals surface area contributed by atoms with Crippen molar-refractivity contribution in [2.45, 2.75) is 64.3 Å². The van der Waals surface area contributed by atoms with E-state index in [2.05, 4.69) is 24.0 Å². The number of nitrogens with zero attached hydrogens (tertiary/aromatic N) is 3. The molecule has 2 aromatic rings. The van der Waals surface area contributed by atoms with Crippen molar-refractivity contribution < 1.29 is 19.2 Å². The molecule has 1 aromatic carbocycles. The van der Waals surface area contributed by atoms with E-state index in [4.69, 9.17) is 9.26 Å². The van der Waals surface area contributed by atoms with Crippen LogP contribution < -0.4 is 0 Å². The molecule has 2 atom stereocenters. The average molecular weight is 399 g/mol. The maximum absolute atomic E-state index is 13.1. The predicted molar refractivity (Wildman–Crippen MR) is 107 cm³/mol. The highest BCUT2D eigenvalue weighted by Crippen LogP contribution is 2.39. The molecule has 1 N–H and O–H groups in total. The fraction of sp³-hybridized carbons (Fsp3) is 0.591. The third-order valence-corrected chi connectivity index (χ3v) is 6.11. The van der Waals surface area contributed by atoms with Gasteiger partial charge in [0.15, 0.2) is 0 Å². The molecule has 1 aromatic heterocycles. The first-order chi connectivity index (χ1) is 13.8. The maximum Gasteiger partial charge on any atom is 0.253 e. The number of carbonyl (C=O) groups is 1. The Bertz CT molecular complexity index is 870. The van der Waals surface area contributed by atoms with Crippen molar-refractivity contribution >= 4 is 5.91 Å². The summed E-state index contributed by atoms with van der Waals surface area (Å²) in [6.45, 7) is 7.26. The molecule has 0 radical (unpaired) electrons. The van der Waals surface area contributed by atoms with Gasteiger partial charge >= 0.3 is 0 Å². The monoisotopic (exact) mass is 399 g/mol. The van der Waals surface area contributed by atoms with Gasteiger partial charge in [-0.3, -0.25) is 4.79 Å². The van der Waals surface area contributed by atoms with Gasteiger partial charge in [0.25, 0.3) is 5.91 Å². The van der Waals surface area contributed by atoms with Crippen LogP contribution >= 0.6 is 0 Å². The lowest BCUT2D eigenvalue weighted by Gasteiger charge is -2.48. The lowest BCUT2D eigenvalue weighted by molar-refractivity contribution is -0.190. The number of ether oxygens (including phenoxy) is 1. The summed E-state index contributed by atoms with van der Waals surface area (Å²) in [5.74, 6) is 1.35. The van der Waals surface area contributed by atoms with Gasteiger partial charge < -0.3 is 19.3 Å². The first kappa shape index (κ1) is 20.0. The van der Waals surface area contributed by atoms with Crippen molar-refractivity contribution in [3.63, 3.8) is 0 Å². The van der Waals surface area contributed by atoms with Gasteiger partial charge in [-0.05, 0) is 37.3 Å². The van der Waals surface area contributed by atoms with E-state index in [0.29, 0.717) is 49.1 Å². The summed E-state index contributed by atoms with van der Waals surface area (Å²) in [6.07, 6.45) is 2.62. The van der Waals surface area contributed by atoms with E-state index in [1.54, 1.807) is 6.92 Å². The second kappa shape index (κ2) is 7.88. The highest BCUT2D eigenvalue weighted by atomic mass is 16.5. The quantitative estimate of drug-likeness (QED) is 0.853. The molecule has 29 heavy (non-hydrogen) atoms. The van der Waals surface area contributed by atoms with Gasteiger partial charge in [-0.2, -0.15) is 4.98 Å². The molecule has 2 saturated heterocycles. The zero-order valence-electron chi connectivity index (χ0n) is 17.3. The third kappa shape index (κ3) is 4.21. The van der Waals surface area contributed by atoms with Crippen molar-refractivity contribution in [2.24, 2.45) is 5.92 Å². The highest BCUT2D eigenvalue weighted by molar-refractivity contribution is 5.95. The average Bonchev–Trinajstić information content (AvgIpc) is 3.14. The van der Waals surface area contributed by atoms with Crippen LogP contribution in [0.15, 0.2) is 28.8 Å². The number of likely N-dealkylation sites (tertiary alicyclic amines) is 1. The molecular formula is C22H29N3O4. The second-order valence-electron chi connectivity index (χ2n) is 8.69. The van der Waals surface area contributed by atoms with Crippen LogP contribution in [0.25, 0.3) is 11.4 Å². The Hall–Kier alpha value is -2.25. The zero-order valence-corrected chi connectivity index (χ0v) is 17.3. The van der Waals surface area contributed by atoms with E-state index < -0.39 is 0 Å². The number of aliphatic hydroxyl groups excluding tert-OH is 1. The molecule has 2 fully saturated rings. The lowest BCUT2D eigenvalue weighted by Crippen LogP contribution is -2.54. The van der Waals surface area contributed by atoms with E-state index >= 15 is 0 Å². The van der Waals surface area contributed by atoms with Crippen LogP contribution in [-0.2, 0) is 4.74 Å². The summed E-state index contributed by atoms with van der Waals surface area (Å²) in [6, 6.07) is 7.34. The predicted octanol–water partition coefficient (Wildman–Crippen LogP) is 3.22. The summed E-state index contributed by atoms with van der Waals surface area (Å²) in [5, 5.41) is 14.3. The Morgan fingerprint density at radius 1 is 1.31 bits per heavy atom. The smallest absolute Gasteiger partial charge is 0.253 e.